The average molecular weight is 384 g/mol. The number of benzene rings is 2. The van der Waals surface area contributed by atoms with Gasteiger partial charge in [0.25, 0.3) is 5.91 Å². The van der Waals surface area contributed by atoms with Gasteiger partial charge in [0.05, 0.1) is 18.8 Å². The van der Waals surface area contributed by atoms with Crippen molar-refractivity contribution in [1.82, 2.24) is 10.3 Å². The van der Waals surface area contributed by atoms with Crippen molar-refractivity contribution in [2.45, 2.75) is 12.7 Å². The maximum Gasteiger partial charge on any atom is 0.387 e. The number of rotatable bonds is 7. The van der Waals surface area contributed by atoms with Crippen LogP contribution in [0.4, 0.5) is 8.78 Å². The van der Waals surface area contributed by atoms with Crippen molar-refractivity contribution in [2.75, 3.05) is 7.11 Å². The van der Waals surface area contributed by atoms with Crippen LogP contribution in [0.25, 0.3) is 0 Å². The normalized spacial score (nSPS) is 11.7. The molecular formula is C21H18F2N2O3. The standard InChI is InChI=1S/C21H18F2N2O3/c1-27-18-13-15(10-11-17(18)28-21(22)23)20(26)25-19(14-7-3-2-4-8-14)16-9-5-6-12-24-16/h2-13,19,21H,1H3,(H,25,26). The fourth-order valence-corrected chi connectivity index (χ4v) is 2.74. The van der Waals surface area contributed by atoms with Gasteiger partial charge < -0.3 is 14.8 Å². The summed E-state index contributed by atoms with van der Waals surface area (Å²) < 4.78 is 34.4. The Hall–Kier alpha value is -3.48. The summed E-state index contributed by atoms with van der Waals surface area (Å²) in [6, 6.07) is 18.4. The molecule has 144 valence electrons. The fourth-order valence-electron chi connectivity index (χ4n) is 2.74. The summed E-state index contributed by atoms with van der Waals surface area (Å²) in [5.74, 6) is -0.498. The van der Waals surface area contributed by atoms with Crippen LogP contribution in [-0.4, -0.2) is 24.6 Å². The maximum atomic E-state index is 12.8. The van der Waals surface area contributed by atoms with Gasteiger partial charge in [-0.05, 0) is 35.9 Å². The van der Waals surface area contributed by atoms with Gasteiger partial charge in [0, 0.05) is 11.8 Å². The molecule has 5 nitrogen and oxygen atoms in total. The van der Waals surface area contributed by atoms with Gasteiger partial charge >= 0.3 is 6.61 Å². The Kier molecular flexibility index (Phi) is 6.16. The molecule has 0 saturated heterocycles. The van der Waals surface area contributed by atoms with Crippen molar-refractivity contribution >= 4 is 5.91 Å². The molecule has 0 fully saturated rings. The second kappa shape index (κ2) is 8.94. The zero-order valence-electron chi connectivity index (χ0n) is 15.0. The summed E-state index contributed by atoms with van der Waals surface area (Å²) in [6.45, 7) is -2.99. The summed E-state index contributed by atoms with van der Waals surface area (Å²) in [4.78, 5) is 17.2. The first-order valence-corrected chi connectivity index (χ1v) is 8.48. The van der Waals surface area contributed by atoms with Crippen LogP contribution in [-0.2, 0) is 0 Å². The van der Waals surface area contributed by atoms with Gasteiger partial charge in [0.1, 0.15) is 0 Å². The predicted octanol–water partition coefficient (Wildman–Crippen LogP) is 4.21. The van der Waals surface area contributed by atoms with Crippen LogP contribution in [0, 0.1) is 0 Å². The summed E-state index contributed by atoms with van der Waals surface area (Å²) in [5, 5.41) is 2.93. The largest absolute Gasteiger partial charge is 0.493 e. The lowest BCUT2D eigenvalue weighted by molar-refractivity contribution is -0.0512. The first kappa shape index (κ1) is 19.3. The molecule has 3 aromatic rings. The molecule has 28 heavy (non-hydrogen) atoms. The minimum absolute atomic E-state index is 0.0436. The second-order valence-electron chi connectivity index (χ2n) is 5.82. The third-order valence-corrected chi connectivity index (χ3v) is 4.03. The smallest absolute Gasteiger partial charge is 0.387 e. The number of pyridine rings is 1. The number of methoxy groups -OCH3 is 1. The Morgan fingerprint density at radius 1 is 1.00 bits per heavy atom. The Bertz CT molecular complexity index is 882. The molecule has 1 aromatic heterocycles. The first-order valence-electron chi connectivity index (χ1n) is 8.48. The number of alkyl halides is 2. The third kappa shape index (κ3) is 4.62. The lowest BCUT2D eigenvalue weighted by Crippen LogP contribution is -2.30. The number of ether oxygens (including phenoxy) is 2. The molecule has 0 aliphatic heterocycles. The highest BCUT2D eigenvalue weighted by atomic mass is 19.3. The van der Waals surface area contributed by atoms with Crippen LogP contribution in [0.1, 0.15) is 27.7 Å². The molecule has 3 rings (SSSR count). The summed E-state index contributed by atoms with van der Waals surface area (Å²) >= 11 is 0. The zero-order chi connectivity index (χ0) is 19.9. The molecular weight excluding hydrogens is 366 g/mol. The number of nitrogens with one attached hydrogen (secondary N) is 1. The number of halogens is 2. The lowest BCUT2D eigenvalue weighted by Gasteiger charge is -2.19. The number of hydrogen-bond donors (Lipinski definition) is 1. The minimum Gasteiger partial charge on any atom is -0.493 e. The number of carbonyl (C=O) groups excluding carboxylic acids is 1. The SMILES string of the molecule is COc1cc(C(=O)NC(c2ccccc2)c2ccccn2)ccc1OC(F)F. The molecule has 1 N–H and O–H groups in total. The molecule has 2 aromatic carbocycles. The van der Waals surface area contributed by atoms with Crippen molar-refractivity contribution in [3.05, 3.63) is 89.7 Å². The van der Waals surface area contributed by atoms with E-state index in [1.54, 1.807) is 12.3 Å². The molecule has 1 unspecified atom stereocenters. The molecule has 0 aliphatic rings. The van der Waals surface area contributed by atoms with Crippen molar-refractivity contribution in [2.24, 2.45) is 0 Å². The first-order chi connectivity index (χ1) is 13.6. The Labute approximate surface area is 160 Å². The van der Waals surface area contributed by atoms with Crippen LogP contribution in [0.5, 0.6) is 11.5 Å². The molecule has 1 heterocycles. The average Bonchev–Trinajstić information content (AvgIpc) is 2.73. The van der Waals surface area contributed by atoms with E-state index >= 15 is 0 Å². The van der Waals surface area contributed by atoms with E-state index in [1.165, 1.54) is 25.3 Å². The van der Waals surface area contributed by atoms with Crippen LogP contribution in [0.2, 0.25) is 0 Å². The molecule has 7 heteroatoms. The predicted molar refractivity (Wildman–Crippen MR) is 99.6 cm³/mol. The van der Waals surface area contributed by atoms with Gasteiger partial charge in [-0.3, -0.25) is 9.78 Å². The highest BCUT2D eigenvalue weighted by Crippen LogP contribution is 2.30. The molecule has 1 atom stereocenters. The third-order valence-electron chi connectivity index (χ3n) is 4.03. The van der Waals surface area contributed by atoms with Gasteiger partial charge in [-0.15, -0.1) is 0 Å². The van der Waals surface area contributed by atoms with E-state index in [4.69, 9.17) is 4.74 Å². The number of amides is 1. The Morgan fingerprint density at radius 3 is 2.39 bits per heavy atom. The number of carbonyl (C=O) groups is 1. The minimum atomic E-state index is -2.99. The second-order valence-corrected chi connectivity index (χ2v) is 5.82. The van der Waals surface area contributed by atoms with Gasteiger partial charge in [0.2, 0.25) is 0 Å². The number of nitrogens with zero attached hydrogens (tertiary/aromatic N) is 1. The summed E-state index contributed by atoms with van der Waals surface area (Å²) in [6.07, 6.45) is 1.65. The van der Waals surface area contributed by atoms with Crippen LogP contribution in [0.15, 0.2) is 72.9 Å². The van der Waals surface area contributed by atoms with Crippen LogP contribution >= 0.6 is 0 Å². The van der Waals surface area contributed by atoms with Gasteiger partial charge in [-0.25, -0.2) is 0 Å². The molecule has 0 saturated carbocycles. The van der Waals surface area contributed by atoms with Crippen LogP contribution in [0.3, 0.4) is 0 Å². The van der Waals surface area contributed by atoms with E-state index in [1.807, 2.05) is 42.5 Å². The molecule has 0 aliphatic carbocycles. The topological polar surface area (TPSA) is 60.5 Å². The van der Waals surface area contributed by atoms with Crippen molar-refractivity contribution in [3.63, 3.8) is 0 Å². The molecule has 0 bridgehead atoms. The maximum absolute atomic E-state index is 12.8. The zero-order valence-corrected chi connectivity index (χ0v) is 15.0. The number of aromatic nitrogens is 1. The quantitative estimate of drug-likeness (QED) is 0.663. The molecule has 0 radical (unpaired) electrons. The van der Waals surface area contributed by atoms with Crippen molar-refractivity contribution < 1.29 is 23.0 Å². The van der Waals surface area contributed by atoms with E-state index in [9.17, 15) is 13.6 Å². The Balaban J connectivity index is 1.88. The number of hydrogen-bond acceptors (Lipinski definition) is 4. The molecule has 1 amide bonds. The fraction of sp³-hybridized carbons (Fsp3) is 0.143. The highest BCUT2D eigenvalue weighted by Gasteiger charge is 2.20. The van der Waals surface area contributed by atoms with E-state index in [0.29, 0.717) is 5.69 Å². The van der Waals surface area contributed by atoms with Gasteiger partial charge in [0.15, 0.2) is 11.5 Å². The van der Waals surface area contributed by atoms with Crippen LogP contribution < -0.4 is 14.8 Å². The van der Waals surface area contributed by atoms with E-state index in [0.717, 1.165) is 5.56 Å². The molecule has 0 spiro atoms. The van der Waals surface area contributed by atoms with E-state index in [-0.39, 0.29) is 17.1 Å². The van der Waals surface area contributed by atoms with Gasteiger partial charge in [-0.2, -0.15) is 8.78 Å². The van der Waals surface area contributed by atoms with Crippen molar-refractivity contribution in [3.8, 4) is 11.5 Å². The van der Waals surface area contributed by atoms with E-state index in [2.05, 4.69) is 15.0 Å². The monoisotopic (exact) mass is 384 g/mol. The van der Waals surface area contributed by atoms with Gasteiger partial charge in [-0.1, -0.05) is 36.4 Å². The lowest BCUT2D eigenvalue weighted by atomic mass is 10.0. The van der Waals surface area contributed by atoms with Crippen molar-refractivity contribution in [1.29, 1.82) is 0 Å². The van der Waals surface area contributed by atoms with E-state index < -0.39 is 18.6 Å². The highest BCUT2D eigenvalue weighted by molar-refractivity contribution is 5.95. The Morgan fingerprint density at radius 2 is 1.75 bits per heavy atom. The summed E-state index contributed by atoms with van der Waals surface area (Å²) in [7, 11) is 1.32. The summed E-state index contributed by atoms with van der Waals surface area (Å²) in [5.41, 5.74) is 1.78.